The number of piperidine rings is 1. The van der Waals surface area contributed by atoms with Crippen LogP contribution in [0.1, 0.15) is 43.7 Å². The maximum atomic E-state index is 5.29. The van der Waals surface area contributed by atoms with Gasteiger partial charge in [-0.05, 0) is 31.7 Å². The number of rotatable bonds is 7. The van der Waals surface area contributed by atoms with E-state index in [0.29, 0.717) is 12.5 Å². The molecule has 1 saturated heterocycles. The lowest BCUT2D eigenvalue weighted by molar-refractivity contribution is 0.181. The fourth-order valence-electron chi connectivity index (χ4n) is 2.45. The first kappa shape index (κ1) is 15.7. The molecule has 1 fully saturated rings. The molecule has 4 nitrogen and oxygen atoms in total. The summed E-state index contributed by atoms with van der Waals surface area (Å²) in [5.41, 5.74) is 1.11. The van der Waals surface area contributed by atoms with E-state index >= 15 is 0 Å². The van der Waals surface area contributed by atoms with Crippen molar-refractivity contribution in [1.82, 2.24) is 10.3 Å². The van der Waals surface area contributed by atoms with Crippen LogP contribution in [0.4, 0.5) is 5.13 Å². The highest BCUT2D eigenvalue weighted by Crippen LogP contribution is 2.29. The van der Waals surface area contributed by atoms with E-state index in [9.17, 15) is 0 Å². The van der Waals surface area contributed by atoms with Crippen LogP contribution in [0, 0.1) is 5.92 Å². The van der Waals surface area contributed by atoms with Gasteiger partial charge in [0, 0.05) is 31.6 Å². The molecule has 0 aliphatic carbocycles. The number of aromatic nitrogens is 1. The van der Waals surface area contributed by atoms with Crippen molar-refractivity contribution < 1.29 is 4.74 Å². The number of ether oxygens (including phenoxy) is 1. The van der Waals surface area contributed by atoms with Crippen molar-refractivity contribution in [3.05, 3.63) is 10.6 Å². The second-order valence-electron chi connectivity index (χ2n) is 5.87. The molecule has 0 atom stereocenters. The van der Waals surface area contributed by atoms with Gasteiger partial charge in [-0.3, -0.25) is 0 Å². The summed E-state index contributed by atoms with van der Waals surface area (Å²) in [4.78, 5) is 8.56. The smallest absolute Gasteiger partial charge is 0.185 e. The maximum absolute atomic E-state index is 5.29. The first-order chi connectivity index (χ1) is 9.70. The zero-order valence-corrected chi connectivity index (χ0v) is 13.8. The molecular weight excluding hydrogens is 270 g/mol. The Bertz CT molecular complexity index is 400. The van der Waals surface area contributed by atoms with E-state index in [-0.39, 0.29) is 0 Å². The minimum Gasteiger partial charge on any atom is -0.378 e. The molecular formula is C15H27N3OS. The molecule has 114 valence electrons. The Labute approximate surface area is 126 Å². The third-order valence-corrected chi connectivity index (χ3v) is 4.67. The summed E-state index contributed by atoms with van der Waals surface area (Å²) < 4.78 is 5.29. The lowest BCUT2D eigenvalue weighted by Gasteiger charge is -2.25. The van der Waals surface area contributed by atoms with E-state index < -0.39 is 0 Å². The first-order valence-electron chi connectivity index (χ1n) is 7.64. The maximum Gasteiger partial charge on any atom is 0.185 e. The Hall–Kier alpha value is -0.650. The standard InChI is InChI=1S/C15H27N3OS/c1-12(2)9-16-10-14-13(11-19-3)17-15(20-14)18-7-5-4-6-8-18/h12,16H,4-11H2,1-3H3. The summed E-state index contributed by atoms with van der Waals surface area (Å²) >= 11 is 1.83. The van der Waals surface area contributed by atoms with Gasteiger partial charge in [0.25, 0.3) is 0 Å². The quantitative estimate of drug-likeness (QED) is 0.839. The van der Waals surface area contributed by atoms with Gasteiger partial charge in [0.05, 0.1) is 12.3 Å². The second kappa shape index (κ2) is 7.96. The third kappa shape index (κ3) is 4.43. The van der Waals surface area contributed by atoms with Crippen molar-refractivity contribution in [2.24, 2.45) is 5.92 Å². The highest BCUT2D eigenvalue weighted by Gasteiger charge is 2.18. The van der Waals surface area contributed by atoms with Crippen molar-refractivity contribution in [3.8, 4) is 0 Å². The fourth-order valence-corrected chi connectivity index (χ4v) is 3.54. The summed E-state index contributed by atoms with van der Waals surface area (Å²) in [7, 11) is 1.74. The summed E-state index contributed by atoms with van der Waals surface area (Å²) in [6.45, 7) is 9.33. The molecule has 0 bridgehead atoms. The van der Waals surface area contributed by atoms with Gasteiger partial charge < -0.3 is 15.0 Å². The largest absolute Gasteiger partial charge is 0.378 e. The molecule has 0 radical (unpaired) electrons. The number of hydrogen-bond donors (Lipinski definition) is 1. The molecule has 1 aromatic rings. The van der Waals surface area contributed by atoms with E-state index in [2.05, 4.69) is 24.1 Å². The van der Waals surface area contributed by atoms with Crippen LogP contribution in [-0.4, -0.2) is 31.7 Å². The molecule has 1 aromatic heterocycles. The van der Waals surface area contributed by atoms with Gasteiger partial charge in [-0.1, -0.05) is 13.8 Å². The van der Waals surface area contributed by atoms with Crippen LogP contribution in [0.15, 0.2) is 0 Å². The highest BCUT2D eigenvalue weighted by atomic mass is 32.1. The number of nitrogens with zero attached hydrogens (tertiary/aromatic N) is 2. The Kier molecular flexibility index (Phi) is 6.26. The zero-order valence-electron chi connectivity index (χ0n) is 12.9. The average Bonchev–Trinajstić information content (AvgIpc) is 2.83. The van der Waals surface area contributed by atoms with E-state index in [4.69, 9.17) is 9.72 Å². The number of methoxy groups -OCH3 is 1. The molecule has 2 heterocycles. The van der Waals surface area contributed by atoms with Crippen LogP contribution in [0.5, 0.6) is 0 Å². The number of anilines is 1. The molecule has 0 unspecified atom stereocenters. The van der Waals surface area contributed by atoms with E-state index in [1.165, 1.54) is 29.3 Å². The molecule has 0 aromatic carbocycles. The molecule has 0 amide bonds. The average molecular weight is 297 g/mol. The third-order valence-electron chi connectivity index (χ3n) is 3.51. The van der Waals surface area contributed by atoms with Gasteiger partial charge >= 0.3 is 0 Å². The first-order valence-corrected chi connectivity index (χ1v) is 8.45. The zero-order chi connectivity index (χ0) is 14.4. The number of nitrogens with one attached hydrogen (secondary N) is 1. The predicted octanol–water partition coefficient (Wildman–Crippen LogP) is 3.03. The normalized spacial score (nSPS) is 16.1. The SMILES string of the molecule is COCc1nc(N2CCCCC2)sc1CNCC(C)C. The topological polar surface area (TPSA) is 37.4 Å². The lowest BCUT2D eigenvalue weighted by Crippen LogP contribution is -2.29. The Balaban J connectivity index is 2.02. The van der Waals surface area contributed by atoms with E-state index in [1.54, 1.807) is 7.11 Å². The predicted molar refractivity (Wildman–Crippen MR) is 85.4 cm³/mol. The molecule has 1 aliphatic heterocycles. The molecule has 1 N–H and O–H groups in total. The summed E-state index contributed by atoms with van der Waals surface area (Å²) in [5, 5.41) is 4.69. The molecule has 0 saturated carbocycles. The molecule has 20 heavy (non-hydrogen) atoms. The summed E-state index contributed by atoms with van der Waals surface area (Å²) in [6.07, 6.45) is 3.94. The monoisotopic (exact) mass is 297 g/mol. The van der Waals surface area contributed by atoms with Crippen LogP contribution in [-0.2, 0) is 17.9 Å². The highest BCUT2D eigenvalue weighted by molar-refractivity contribution is 7.15. The van der Waals surface area contributed by atoms with E-state index in [1.807, 2.05) is 11.3 Å². The Morgan fingerprint density at radius 2 is 2.05 bits per heavy atom. The Morgan fingerprint density at radius 1 is 1.30 bits per heavy atom. The van der Waals surface area contributed by atoms with Gasteiger partial charge in [-0.25, -0.2) is 4.98 Å². The van der Waals surface area contributed by atoms with Crippen LogP contribution < -0.4 is 10.2 Å². The van der Waals surface area contributed by atoms with Crippen molar-refractivity contribution in [2.75, 3.05) is 31.6 Å². The van der Waals surface area contributed by atoms with Crippen LogP contribution in [0.3, 0.4) is 0 Å². The Morgan fingerprint density at radius 3 is 2.70 bits per heavy atom. The fraction of sp³-hybridized carbons (Fsp3) is 0.800. The van der Waals surface area contributed by atoms with Crippen molar-refractivity contribution >= 4 is 16.5 Å². The number of hydrogen-bond acceptors (Lipinski definition) is 5. The van der Waals surface area contributed by atoms with Crippen molar-refractivity contribution in [1.29, 1.82) is 0 Å². The van der Waals surface area contributed by atoms with Gasteiger partial charge in [0.15, 0.2) is 5.13 Å². The minimum absolute atomic E-state index is 0.614. The van der Waals surface area contributed by atoms with Crippen LogP contribution in [0.2, 0.25) is 0 Å². The minimum atomic E-state index is 0.614. The molecule has 1 aliphatic rings. The summed E-state index contributed by atoms with van der Waals surface area (Å²) in [6, 6.07) is 0. The lowest BCUT2D eigenvalue weighted by atomic mass is 10.1. The van der Waals surface area contributed by atoms with Gasteiger partial charge in [0.1, 0.15) is 0 Å². The van der Waals surface area contributed by atoms with Gasteiger partial charge in [0.2, 0.25) is 0 Å². The van der Waals surface area contributed by atoms with Gasteiger partial charge in [-0.15, -0.1) is 11.3 Å². The molecule has 0 spiro atoms. The second-order valence-corrected chi connectivity index (χ2v) is 6.93. The summed E-state index contributed by atoms with van der Waals surface area (Å²) in [5.74, 6) is 0.676. The van der Waals surface area contributed by atoms with Crippen LogP contribution in [0.25, 0.3) is 0 Å². The van der Waals surface area contributed by atoms with Crippen LogP contribution >= 0.6 is 11.3 Å². The molecule has 5 heteroatoms. The van der Waals surface area contributed by atoms with Crippen molar-refractivity contribution in [2.45, 2.75) is 46.3 Å². The number of thiazole rings is 1. The van der Waals surface area contributed by atoms with Gasteiger partial charge in [-0.2, -0.15) is 0 Å². The van der Waals surface area contributed by atoms with E-state index in [0.717, 1.165) is 31.9 Å². The molecule has 2 rings (SSSR count). The van der Waals surface area contributed by atoms with Crippen molar-refractivity contribution in [3.63, 3.8) is 0 Å².